The summed E-state index contributed by atoms with van der Waals surface area (Å²) in [5.41, 5.74) is 1.75. The van der Waals surface area contributed by atoms with Gasteiger partial charge in [0.25, 0.3) is 0 Å². The fraction of sp³-hybridized carbons (Fsp3) is 0. The van der Waals surface area contributed by atoms with Gasteiger partial charge in [-0.2, -0.15) is 0 Å². The smallest absolute Gasteiger partial charge is 0.123 e. The first-order chi connectivity index (χ1) is 6.79. The van der Waals surface area contributed by atoms with E-state index in [9.17, 15) is 5.11 Å². The SMILES string of the molecule is Oc1ccccc1-c1ccncc1Br. The van der Waals surface area contributed by atoms with Crippen LogP contribution >= 0.6 is 15.9 Å². The van der Waals surface area contributed by atoms with Crippen molar-refractivity contribution in [2.45, 2.75) is 0 Å². The molecule has 1 aromatic heterocycles. The molecular formula is C11H8BrNO. The van der Waals surface area contributed by atoms with Crippen LogP contribution in [0.5, 0.6) is 5.75 Å². The van der Waals surface area contributed by atoms with E-state index in [2.05, 4.69) is 20.9 Å². The van der Waals surface area contributed by atoms with Crippen LogP contribution in [0.25, 0.3) is 11.1 Å². The Kier molecular flexibility index (Phi) is 2.50. The summed E-state index contributed by atoms with van der Waals surface area (Å²) in [6.45, 7) is 0. The van der Waals surface area contributed by atoms with E-state index in [1.54, 1.807) is 24.5 Å². The summed E-state index contributed by atoms with van der Waals surface area (Å²) in [6, 6.07) is 9.09. The summed E-state index contributed by atoms with van der Waals surface area (Å²) in [6.07, 6.45) is 3.41. The minimum absolute atomic E-state index is 0.277. The number of hydrogen-bond donors (Lipinski definition) is 1. The van der Waals surface area contributed by atoms with Gasteiger partial charge >= 0.3 is 0 Å². The molecule has 0 saturated carbocycles. The van der Waals surface area contributed by atoms with Gasteiger partial charge in [-0.1, -0.05) is 18.2 Å². The largest absolute Gasteiger partial charge is 0.507 e. The third kappa shape index (κ3) is 1.63. The van der Waals surface area contributed by atoms with Crippen LogP contribution in [0.3, 0.4) is 0 Å². The van der Waals surface area contributed by atoms with Crippen molar-refractivity contribution in [3.05, 3.63) is 47.2 Å². The quantitative estimate of drug-likeness (QED) is 0.842. The Morgan fingerprint density at radius 2 is 1.86 bits per heavy atom. The van der Waals surface area contributed by atoms with Crippen molar-refractivity contribution in [2.24, 2.45) is 0 Å². The van der Waals surface area contributed by atoms with E-state index >= 15 is 0 Å². The van der Waals surface area contributed by atoms with Gasteiger partial charge in [0, 0.05) is 28.0 Å². The molecule has 0 unspecified atom stereocenters. The predicted molar refractivity (Wildman–Crippen MR) is 59.0 cm³/mol. The highest BCUT2D eigenvalue weighted by molar-refractivity contribution is 9.10. The number of aromatic hydroxyl groups is 1. The van der Waals surface area contributed by atoms with Crippen LogP contribution in [0.2, 0.25) is 0 Å². The van der Waals surface area contributed by atoms with E-state index in [0.29, 0.717) is 0 Å². The zero-order chi connectivity index (χ0) is 9.97. The Labute approximate surface area is 90.4 Å². The van der Waals surface area contributed by atoms with E-state index in [1.807, 2.05) is 18.2 Å². The number of pyridine rings is 1. The molecule has 14 heavy (non-hydrogen) atoms. The fourth-order valence-corrected chi connectivity index (χ4v) is 1.76. The first kappa shape index (κ1) is 9.21. The van der Waals surface area contributed by atoms with Crippen molar-refractivity contribution in [3.63, 3.8) is 0 Å². The standard InChI is InChI=1S/C11H8BrNO/c12-10-7-13-6-5-8(10)9-3-1-2-4-11(9)14/h1-7,14H. The van der Waals surface area contributed by atoms with Crippen molar-refractivity contribution >= 4 is 15.9 Å². The van der Waals surface area contributed by atoms with Crippen LogP contribution < -0.4 is 0 Å². The van der Waals surface area contributed by atoms with E-state index in [4.69, 9.17) is 0 Å². The topological polar surface area (TPSA) is 33.1 Å². The molecule has 0 fully saturated rings. The summed E-state index contributed by atoms with van der Waals surface area (Å²) in [4.78, 5) is 3.97. The van der Waals surface area contributed by atoms with E-state index in [0.717, 1.165) is 15.6 Å². The van der Waals surface area contributed by atoms with E-state index in [1.165, 1.54) is 0 Å². The summed E-state index contributed by atoms with van der Waals surface area (Å²) < 4.78 is 0.876. The van der Waals surface area contributed by atoms with Crippen molar-refractivity contribution in [1.29, 1.82) is 0 Å². The number of phenolic OH excluding ortho intramolecular Hbond substituents is 1. The molecule has 70 valence electrons. The molecule has 0 saturated heterocycles. The van der Waals surface area contributed by atoms with Crippen molar-refractivity contribution in [2.75, 3.05) is 0 Å². The van der Waals surface area contributed by atoms with Gasteiger partial charge in [-0.05, 0) is 28.1 Å². The number of nitrogens with zero attached hydrogens (tertiary/aromatic N) is 1. The van der Waals surface area contributed by atoms with Crippen LogP contribution in [0.4, 0.5) is 0 Å². The van der Waals surface area contributed by atoms with Gasteiger partial charge in [0.2, 0.25) is 0 Å². The Bertz CT molecular complexity index is 413. The Morgan fingerprint density at radius 3 is 2.57 bits per heavy atom. The molecule has 0 radical (unpaired) electrons. The summed E-state index contributed by atoms with van der Waals surface area (Å²) in [5.74, 6) is 0.277. The van der Waals surface area contributed by atoms with Gasteiger partial charge in [-0.3, -0.25) is 4.98 Å². The maximum atomic E-state index is 9.65. The molecule has 2 nitrogen and oxygen atoms in total. The second-order valence-corrected chi connectivity index (χ2v) is 3.73. The van der Waals surface area contributed by atoms with Gasteiger partial charge < -0.3 is 5.11 Å². The molecule has 2 aromatic rings. The molecule has 1 heterocycles. The minimum Gasteiger partial charge on any atom is -0.507 e. The van der Waals surface area contributed by atoms with Gasteiger partial charge in [-0.25, -0.2) is 0 Å². The monoisotopic (exact) mass is 249 g/mol. The van der Waals surface area contributed by atoms with Gasteiger partial charge in [0.15, 0.2) is 0 Å². The zero-order valence-electron chi connectivity index (χ0n) is 7.31. The first-order valence-electron chi connectivity index (χ1n) is 4.17. The Balaban J connectivity index is 2.61. The maximum Gasteiger partial charge on any atom is 0.123 e. The molecule has 3 heteroatoms. The second kappa shape index (κ2) is 3.80. The molecule has 0 aliphatic heterocycles. The highest BCUT2D eigenvalue weighted by Crippen LogP contribution is 2.33. The molecule has 0 spiro atoms. The molecule has 0 bridgehead atoms. The number of rotatable bonds is 1. The number of para-hydroxylation sites is 1. The van der Waals surface area contributed by atoms with Crippen molar-refractivity contribution < 1.29 is 5.11 Å². The number of benzene rings is 1. The zero-order valence-corrected chi connectivity index (χ0v) is 8.90. The summed E-state index contributed by atoms with van der Waals surface area (Å²) >= 11 is 3.39. The Hall–Kier alpha value is -1.35. The van der Waals surface area contributed by atoms with Crippen LogP contribution in [-0.2, 0) is 0 Å². The molecule has 0 aliphatic rings. The average Bonchev–Trinajstić information content (AvgIpc) is 2.20. The lowest BCUT2D eigenvalue weighted by Gasteiger charge is -2.05. The van der Waals surface area contributed by atoms with Gasteiger partial charge in [-0.15, -0.1) is 0 Å². The molecule has 0 aliphatic carbocycles. The number of aromatic nitrogens is 1. The van der Waals surface area contributed by atoms with Gasteiger partial charge in [0.1, 0.15) is 5.75 Å². The average molecular weight is 250 g/mol. The summed E-state index contributed by atoms with van der Waals surface area (Å²) in [5, 5.41) is 9.65. The van der Waals surface area contributed by atoms with Crippen LogP contribution in [0.15, 0.2) is 47.2 Å². The van der Waals surface area contributed by atoms with Gasteiger partial charge in [0.05, 0.1) is 0 Å². The Morgan fingerprint density at radius 1 is 1.07 bits per heavy atom. The number of phenols is 1. The van der Waals surface area contributed by atoms with Crippen LogP contribution in [0.1, 0.15) is 0 Å². The molecule has 0 atom stereocenters. The lowest BCUT2D eigenvalue weighted by molar-refractivity contribution is 0.477. The minimum atomic E-state index is 0.277. The third-order valence-corrected chi connectivity index (χ3v) is 2.60. The molecule has 0 amide bonds. The highest BCUT2D eigenvalue weighted by atomic mass is 79.9. The fourth-order valence-electron chi connectivity index (χ4n) is 1.30. The lowest BCUT2D eigenvalue weighted by atomic mass is 10.1. The lowest BCUT2D eigenvalue weighted by Crippen LogP contribution is -1.81. The first-order valence-corrected chi connectivity index (χ1v) is 4.96. The molecule has 1 aromatic carbocycles. The van der Waals surface area contributed by atoms with Crippen LogP contribution in [-0.4, -0.2) is 10.1 Å². The van der Waals surface area contributed by atoms with E-state index < -0.39 is 0 Å². The van der Waals surface area contributed by atoms with Crippen molar-refractivity contribution in [1.82, 2.24) is 4.98 Å². The summed E-state index contributed by atoms with van der Waals surface area (Å²) in [7, 11) is 0. The molecule has 2 rings (SSSR count). The van der Waals surface area contributed by atoms with Crippen molar-refractivity contribution in [3.8, 4) is 16.9 Å². The maximum absolute atomic E-state index is 9.65. The van der Waals surface area contributed by atoms with Crippen LogP contribution in [0, 0.1) is 0 Å². The highest BCUT2D eigenvalue weighted by Gasteiger charge is 2.05. The normalized spacial score (nSPS) is 10.1. The second-order valence-electron chi connectivity index (χ2n) is 2.87. The molecule has 1 N–H and O–H groups in total. The van der Waals surface area contributed by atoms with E-state index in [-0.39, 0.29) is 5.75 Å². The number of halogens is 1. The number of hydrogen-bond acceptors (Lipinski definition) is 2. The third-order valence-electron chi connectivity index (χ3n) is 1.97. The predicted octanol–water partition coefficient (Wildman–Crippen LogP) is 3.22. The molecular weight excluding hydrogens is 242 g/mol.